The first-order valence-corrected chi connectivity index (χ1v) is 6.81. The van der Waals surface area contributed by atoms with Crippen LogP contribution in [0.15, 0.2) is 5.16 Å². The van der Waals surface area contributed by atoms with E-state index in [-0.39, 0.29) is 23.9 Å². The Morgan fingerprint density at radius 1 is 1.42 bits per heavy atom. The Labute approximate surface area is 113 Å². The molecule has 0 aromatic rings. The van der Waals surface area contributed by atoms with E-state index in [1.54, 1.807) is 0 Å². The highest BCUT2D eigenvalue weighted by atomic mass is 16.5. The molecular formula is C13H23N3O3. The second-order valence-corrected chi connectivity index (χ2v) is 6.03. The molecule has 2 atom stereocenters. The topological polar surface area (TPSA) is 88.2 Å². The van der Waals surface area contributed by atoms with Crippen LogP contribution < -0.4 is 5.73 Å². The molecule has 6 nitrogen and oxygen atoms in total. The van der Waals surface area contributed by atoms with E-state index in [2.05, 4.69) is 12.1 Å². The molecule has 0 radical (unpaired) electrons. The fraction of sp³-hybridized carbons (Fsp3) is 0.846. The smallest absolute Gasteiger partial charge is 0.236 e. The van der Waals surface area contributed by atoms with Gasteiger partial charge in [-0.2, -0.15) is 0 Å². The van der Waals surface area contributed by atoms with E-state index in [4.69, 9.17) is 15.7 Å². The summed E-state index contributed by atoms with van der Waals surface area (Å²) in [7, 11) is 0. The lowest BCUT2D eigenvalue weighted by atomic mass is 9.61. The zero-order chi connectivity index (χ0) is 14.2. The van der Waals surface area contributed by atoms with E-state index >= 15 is 0 Å². The van der Waals surface area contributed by atoms with Crippen molar-refractivity contribution in [3.8, 4) is 0 Å². The van der Waals surface area contributed by atoms with Gasteiger partial charge in [-0.3, -0.25) is 4.79 Å². The van der Waals surface area contributed by atoms with Crippen molar-refractivity contribution >= 4 is 11.7 Å². The normalized spacial score (nSPS) is 39.8. The molecule has 1 aliphatic heterocycles. The number of carbonyl (C=O) groups excluding carboxylic acids is 1. The van der Waals surface area contributed by atoms with Crippen LogP contribution in [0.1, 0.15) is 33.6 Å². The van der Waals surface area contributed by atoms with Crippen LogP contribution in [-0.4, -0.2) is 47.1 Å². The van der Waals surface area contributed by atoms with Gasteiger partial charge in [-0.15, -0.1) is 0 Å². The third-order valence-corrected chi connectivity index (χ3v) is 4.27. The molecule has 0 bridgehead atoms. The summed E-state index contributed by atoms with van der Waals surface area (Å²) < 4.78 is 5.54. The number of nitrogens with zero attached hydrogens (tertiary/aromatic N) is 2. The van der Waals surface area contributed by atoms with E-state index in [1.165, 1.54) is 0 Å². The molecule has 2 aliphatic rings. The minimum Gasteiger partial charge on any atom is -0.409 e. The molecule has 1 saturated heterocycles. The van der Waals surface area contributed by atoms with Crippen LogP contribution in [0.3, 0.4) is 0 Å². The quantitative estimate of drug-likeness (QED) is 0.336. The van der Waals surface area contributed by atoms with Crippen LogP contribution >= 0.6 is 0 Å². The Bertz CT molecular complexity index is 391. The van der Waals surface area contributed by atoms with Crippen molar-refractivity contribution in [2.24, 2.45) is 22.2 Å². The number of nitrogens with two attached hydrogens (primary N) is 1. The molecule has 2 fully saturated rings. The Morgan fingerprint density at radius 2 is 2.05 bits per heavy atom. The molecule has 108 valence electrons. The maximum absolute atomic E-state index is 12.8. The predicted octanol–water partition coefficient (Wildman–Crippen LogP) is 0.785. The van der Waals surface area contributed by atoms with Crippen LogP contribution in [0, 0.1) is 11.3 Å². The maximum atomic E-state index is 12.8. The average Bonchev–Trinajstić information content (AvgIpc) is 2.35. The molecule has 6 heteroatoms. The third-order valence-electron chi connectivity index (χ3n) is 4.27. The molecule has 0 spiro atoms. The molecule has 2 rings (SSSR count). The lowest BCUT2D eigenvalue weighted by Gasteiger charge is -2.49. The van der Waals surface area contributed by atoms with E-state index in [0.29, 0.717) is 31.9 Å². The molecule has 2 unspecified atom stereocenters. The Hall–Kier alpha value is -1.30. The second kappa shape index (κ2) is 5.00. The molecule has 0 aromatic carbocycles. The number of carbonyl (C=O) groups is 1. The number of oxime groups is 1. The predicted molar refractivity (Wildman–Crippen MR) is 70.8 cm³/mol. The lowest BCUT2D eigenvalue weighted by Crippen LogP contribution is -2.62. The Kier molecular flexibility index (Phi) is 3.71. The van der Waals surface area contributed by atoms with Gasteiger partial charge < -0.3 is 20.6 Å². The number of rotatable bonds is 2. The van der Waals surface area contributed by atoms with Crippen LogP contribution in [0.25, 0.3) is 0 Å². The molecule has 19 heavy (non-hydrogen) atoms. The van der Waals surface area contributed by atoms with Gasteiger partial charge in [0.1, 0.15) is 5.41 Å². The van der Waals surface area contributed by atoms with E-state index in [0.717, 1.165) is 0 Å². The molecular weight excluding hydrogens is 246 g/mol. The summed E-state index contributed by atoms with van der Waals surface area (Å²) in [4.78, 5) is 14.6. The van der Waals surface area contributed by atoms with Gasteiger partial charge in [-0.05, 0) is 32.6 Å². The molecule has 1 heterocycles. The van der Waals surface area contributed by atoms with Gasteiger partial charge in [-0.25, -0.2) is 0 Å². The summed E-state index contributed by atoms with van der Waals surface area (Å²) in [5, 5.41) is 12.0. The van der Waals surface area contributed by atoms with Crippen molar-refractivity contribution in [3.05, 3.63) is 0 Å². The van der Waals surface area contributed by atoms with Gasteiger partial charge in [-0.1, -0.05) is 12.1 Å². The van der Waals surface area contributed by atoms with Crippen molar-refractivity contribution in [2.45, 2.75) is 45.8 Å². The maximum Gasteiger partial charge on any atom is 0.236 e. The molecule has 0 aromatic heterocycles. The summed E-state index contributed by atoms with van der Waals surface area (Å²) in [5.74, 6) is 0.448. The highest BCUT2D eigenvalue weighted by molar-refractivity contribution is 6.07. The van der Waals surface area contributed by atoms with Gasteiger partial charge >= 0.3 is 0 Å². The summed E-state index contributed by atoms with van der Waals surface area (Å²) in [6, 6.07) is 0.0305. The van der Waals surface area contributed by atoms with Crippen molar-refractivity contribution in [1.29, 1.82) is 0 Å². The van der Waals surface area contributed by atoms with Crippen LogP contribution in [0.5, 0.6) is 0 Å². The standard InChI is InChI=1S/C13H23N3O3/c1-8-4-13(5-8,11(14)15-18)12(17)16-6-10(3)19-7-9(16)2/h8-10,18H,4-7H2,1-3H3,(H2,14,15). The first-order chi connectivity index (χ1) is 8.90. The van der Waals surface area contributed by atoms with Gasteiger partial charge in [0, 0.05) is 6.54 Å². The number of amidine groups is 1. The van der Waals surface area contributed by atoms with Gasteiger partial charge in [0.05, 0.1) is 18.8 Å². The summed E-state index contributed by atoms with van der Waals surface area (Å²) >= 11 is 0. The fourth-order valence-electron chi connectivity index (χ4n) is 3.18. The van der Waals surface area contributed by atoms with Crippen LogP contribution in [-0.2, 0) is 9.53 Å². The zero-order valence-corrected chi connectivity index (χ0v) is 11.8. The van der Waals surface area contributed by atoms with Gasteiger partial charge in [0.25, 0.3) is 0 Å². The first kappa shape index (κ1) is 14.1. The van der Waals surface area contributed by atoms with Crippen LogP contribution in [0.4, 0.5) is 0 Å². The number of hydrogen-bond acceptors (Lipinski definition) is 4. The van der Waals surface area contributed by atoms with Crippen molar-refractivity contribution in [2.75, 3.05) is 13.2 Å². The Morgan fingerprint density at radius 3 is 2.58 bits per heavy atom. The highest BCUT2D eigenvalue weighted by Crippen LogP contribution is 2.47. The highest BCUT2D eigenvalue weighted by Gasteiger charge is 2.54. The SMILES string of the molecule is CC1CC(C(=O)N2CC(C)OCC2C)(C(N)=NO)C1. The van der Waals surface area contributed by atoms with Gasteiger partial charge in [0.15, 0.2) is 5.84 Å². The third kappa shape index (κ3) is 2.29. The van der Waals surface area contributed by atoms with Crippen LogP contribution in [0.2, 0.25) is 0 Å². The summed E-state index contributed by atoms with van der Waals surface area (Å²) in [6.07, 6.45) is 1.34. The minimum absolute atomic E-state index is 0.0245. The second-order valence-electron chi connectivity index (χ2n) is 6.03. The summed E-state index contributed by atoms with van der Waals surface area (Å²) in [6.45, 7) is 7.09. The van der Waals surface area contributed by atoms with E-state index < -0.39 is 5.41 Å². The average molecular weight is 269 g/mol. The number of amides is 1. The lowest BCUT2D eigenvalue weighted by molar-refractivity contribution is -0.156. The summed E-state index contributed by atoms with van der Waals surface area (Å²) in [5.41, 5.74) is 4.98. The zero-order valence-electron chi connectivity index (χ0n) is 11.8. The van der Waals surface area contributed by atoms with E-state index in [1.807, 2.05) is 18.7 Å². The number of ether oxygens (including phenoxy) is 1. The molecule has 1 amide bonds. The van der Waals surface area contributed by atoms with Gasteiger partial charge in [0.2, 0.25) is 5.91 Å². The molecule has 1 saturated carbocycles. The van der Waals surface area contributed by atoms with Crippen molar-refractivity contribution in [3.63, 3.8) is 0 Å². The monoisotopic (exact) mass is 269 g/mol. The van der Waals surface area contributed by atoms with Crippen molar-refractivity contribution in [1.82, 2.24) is 4.90 Å². The molecule has 3 N–H and O–H groups in total. The number of hydrogen-bond donors (Lipinski definition) is 2. The number of morpholine rings is 1. The van der Waals surface area contributed by atoms with Crippen molar-refractivity contribution < 1.29 is 14.7 Å². The molecule has 1 aliphatic carbocycles. The first-order valence-electron chi connectivity index (χ1n) is 6.81. The Balaban J connectivity index is 2.21. The largest absolute Gasteiger partial charge is 0.409 e. The minimum atomic E-state index is -0.806. The fourth-order valence-corrected chi connectivity index (χ4v) is 3.18. The van der Waals surface area contributed by atoms with E-state index in [9.17, 15) is 4.79 Å².